The van der Waals surface area contributed by atoms with E-state index in [1.807, 2.05) is 36.4 Å². The lowest BCUT2D eigenvalue weighted by Crippen LogP contribution is -2.39. The Hall–Kier alpha value is -2.79. The summed E-state index contributed by atoms with van der Waals surface area (Å²) in [6, 6.07) is 18.1. The standard InChI is InChI=1S/C21H21N3O2/c25-21(26)16-10-13-24(14-11-16)20(18-7-3-4-12-22-18)19-9-8-15-5-1-2-6-17(15)23-19/h1-9,12,16,20H,10-11,13-14H2,(H,25,26). The number of carboxylic acids is 1. The molecular weight excluding hydrogens is 326 g/mol. The SMILES string of the molecule is O=C(O)C1CCN(C(c2ccccn2)c2ccc3ccccc3n2)CC1. The number of hydrogen-bond acceptors (Lipinski definition) is 4. The van der Waals surface area contributed by atoms with Crippen molar-refractivity contribution < 1.29 is 9.90 Å². The fourth-order valence-corrected chi connectivity index (χ4v) is 3.70. The van der Waals surface area contributed by atoms with Crippen LogP contribution in [0.15, 0.2) is 60.8 Å². The van der Waals surface area contributed by atoms with Gasteiger partial charge < -0.3 is 5.11 Å². The van der Waals surface area contributed by atoms with Crippen LogP contribution in [0.1, 0.15) is 30.3 Å². The molecule has 3 heterocycles. The minimum atomic E-state index is -0.692. The molecule has 26 heavy (non-hydrogen) atoms. The average molecular weight is 347 g/mol. The zero-order valence-electron chi connectivity index (χ0n) is 14.5. The summed E-state index contributed by atoms with van der Waals surface area (Å²) in [5, 5.41) is 10.4. The van der Waals surface area contributed by atoms with Gasteiger partial charge in [0.15, 0.2) is 0 Å². The molecule has 1 unspecified atom stereocenters. The molecule has 5 heteroatoms. The Morgan fingerprint density at radius 3 is 2.50 bits per heavy atom. The lowest BCUT2D eigenvalue weighted by atomic mass is 9.94. The van der Waals surface area contributed by atoms with Gasteiger partial charge in [-0.3, -0.25) is 19.7 Å². The van der Waals surface area contributed by atoms with Gasteiger partial charge in [0.05, 0.1) is 28.9 Å². The van der Waals surface area contributed by atoms with Crippen LogP contribution in [-0.2, 0) is 4.79 Å². The third-order valence-corrected chi connectivity index (χ3v) is 5.11. The number of carbonyl (C=O) groups is 1. The van der Waals surface area contributed by atoms with E-state index in [4.69, 9.17) is 4.98 Å². The van der Waals surface area contributed by atoms with Crippen molar-refractivity contribution in [3.05, 3.63) is 72.2 Å². The van der Waals surface area contributed by atoms with Crippen molar-refractivity contribution in [2.24, 2.45) is 5.92 Å². The van der Waals surface area contributed by atoms with Crippen LogP contribution in [0.3, 0.4) is 0 Å². The molecule has 4 rings (SSSR count). The molecule has 132 valence electrons. The maximum atomic E-state index is 11.3. The van der Waals surface area contributed by atoms with Crippen molar-refractivity contribution in [1.82, 2.24) is 14.9 Å². The fourth-order valence-electron chi connectivity index (χ4n) is 3.70. The summed E-state index contributed by atoms with van der Waals surface area (Å²) in [4.78, 5) is 23.0. The quantitative estimate of drug-likeness (QED) is 0.782. The first-order valence-electron chi connectivity index (χ1n) is 8.96. The molecule has 0 saturated carbocycles. The van der Waals surface area contributed by atoms with Gasteiger partial charge in [0.1, 0.15) is 0 Å². The predicted molar refractivity (Wildman–Crippen MR) is 99.8 cm³/mol. The lowest BCUT2D eigenvalue weighted by Gasteiger charge is -2.36. The van der Waals surface area contributed by atoms with Crippen LogP contribution in [-0.4, -0.2) is 39.0 Å². The Morgan fingerprint density at radius 1 is 1.00 bits per heavy atom. The van der Waals surface area contributed by atoms with Crippen LogP contribution in [0.2, 0.25) is 0 Å². The summed E-state index contributed by atoms with van der Waals surface area (Å²) >= 11 is 0. The molecule has 1 N–H and O–H groups in total. The molecule has 0 spiro atoms. The predicted octanol–water partition coefficient (Wildman–Crippen LogP) is 3.52. The van der Waals surface area contributed by atoms with Gasteiger partial charge in [0.2, 0.25) is 0 Å². The maximum Gasteiger partial charge on any atom is 0.306 e. The van der Waals surface area contributed by atoms with Crippen molar-refractivity contribution in [2.75, 3.05) is 13.1 Å². The highest BCUT2D eigenvalue weighted by Crippen LogP contribution is 2.31. The largest absolute Gasteiger partial charge is 0.481 e. The van der Waals surface area contributed by atoms with E-state index in [9.17, 15) is 9.90 Å². The van der Waals surface area contributed by atoms with Crippen LogP contribution < -0.4 is 0 Å². The van der Waals surface area contributed by atoms with E-state index in [1.165, 1.54) is 0 Å². The second kappa shape index (κ2) is 7.22. The molecule has 5 nitrogen and oxygen atoms in total. The van der Waals surface area contributed by atoms with Crippen LogP contribution >= 0.6 is 0 Å². The number of para-hydroxylation sites is 1. The van der Waals surface area contributed by atoms with Gasteiger partial charge in [0, 0.05) is 11.6 Å². The highest BCUT2D eigenvalue weighted by molar-refractivity contribution is 5.78. The zero-order chi connectivity index (χ0) is 17.9. The number of likely N-dealkylation sites (tertiary alicyclic amines) is 1. The van der Waals surface area contributed by atoms with E-state index < -0.39 is 5.97 Å². The third kappa shape index (κ3) is 3.30. The van der Waals surface area contributed by atoms with Crippen LogP contribution in [0.5, 0.6) is 0 Å². The van der Waals surface area contributed by atoms with Gasteiger partial charge in [-0.05, 0) is 50.2 Å². The van der Waals surface area contributed by atoms with E-state index in [0.29, 0.717) is 12.8 Å². The number of aromatic nitrogens is 2. The summed E-state index contributed by atoms with van der Waals surface area (Å²) in [5.74, 6) is -0.942. The summed E-state index contributed by atoms with van der Waals surface area (Å²) in [5.41, 5.74) is 2.87. The topological polar surface area (TPSA) is 66.3 Å². The second-order valence-corrected chi connectivity index (χ2v) is 6.73. The molecule has 1 aromatic carbocycles. The Balaban J connectivity index is 1.70. The number of hydrogen-bond donors (Lipinski definition) is 1. The second-order valence-electron chi connectivity index (χ2n) is 6.73. The van der Waals surface area contributed by atoms with Crippen LogP contribution in [0.25, 0.3) is 10.9 Å². The molecule has 0 radical (unpaired) electrons. The summed E-state index contributed by atoms with van der Waals surface area (Å²) in [6.07, 6.45) is 3.12. The van der Waals surface area contributed by atoms with Gasteiger partial charge in [-0.1, -0.05) is 30.3 Å². The van der Waals surface area contributed by atoms with Crippen molar-refractivity contribution in [3.63, 3.8) is 0 Å². The lowest BCUT2D eigenvalue weighted by molar-refractivity contribution is -0.143. The highest BCUT2D eigenvalue weighted by atomic mass is 16.4. The molecule has 1 aliphatic heterocycles. The van der Waals surface area contributed by atoms with E-state index in [2.05, 4.69) is 28.1 Å². The molecule has 0 aliphatic carbocycles. The molecule has 3 aromatic rings. The number of pyridine rings is 2. The third-order valence-electron chi connectivity index (χ3n) is 5.11. The molecule has 1 fully saturated rings. The molecular formula is C21H21N3O2. The number of fused-ring (bicyclic) bond motifs is 1. The number of piperidine rings is 1. The van der Waals surface area contributed by atoms with Crippen LogP contribution in [0, 0.1) is 5.92 Å². The van der Waals surface area contributed by atoms with E-state index >= 15 is 0 Å². The Kier molecular flexibility index (Phi) is 4.63. The minimum Gasteiger partial charge on any atom is -0.481 e. The van der Waals surface area contributed by atoms with E-state index in [-0.39, 0.29) is 12.0 Å². The van der Waals surface area contributed by atoms with E-state index in [1.54, 1.807) is 6.20 Å². The smallest absolute Gasteiger partial charge is 0.306 e. The fraction of sp³-hybridized carbons (Fsp3) is 0.286. The van der Waals surface area contributed by atoms with Gasteiger partial charge in [0.25, 0.3) is 0 Å². The summed E-state index contributed by atoms with van der Waals surface area (Å²) in [6.45, 7) is 1.46. The molecule has 1 aliphatic rings. The average Bonchev–Trinajstić information content (AvgIpc) is 2.69. The first-order chi connectivity index (χ1) is 12.7. The van der Waals surface area contributed by atoms with Crippen molar-refractivity contribution in [2.45, 2.75) is 18.9 Å². The van der Waals surface area contributed by atoms with E-state index in [0.717, 1.165) is 35.4 Å². The van der Waals surface area contributed by atoms with Crippen molar-refractivity contribution in [3.8, 4) is 0 Å². The molecule has 0 amide bonds. The highest BCUT2D eigenvalue weighted by Gasteiger charge is 2.31. The molecule has 2 aromatic heterocycles. The van der Waals surface area contributed by atoms with Gasteiger partial charge >= 0.3 is 5.97 Å². The summed E-state index contributed by atoms with van der Waals surface area (Å²) < 4.78 is 0. The minimum absolute atomic E-state index is 0.0597. The number of aliphatic carboxylic acids is 1. The molecule has 0 bridgehead atoms. The normalized spacial score (nSPS) is 17.2. The van der Waals surface area contributed by atoms with Gasteiger partial charge in [-0.25, -0.2) is 0 Å². The van der Waals surface area contributed by atoms with Crippen molar-refractivity contribution in [1.29, 1.82) is 0 Å². The first-order valence-corrected chi connectivity index (χ1v) is 8.96. The number of benzene rings is 1. The van der Waals surface area contributed by atoms with Crippen LogP contribution in [0.4, 0.5) is 0 Å². The summed E-state index contributed by atoms with van der Waals surface area (Å²) in [7, 11) is 0. The number of nitrogens with zero attached hydrogens (tertiary/aromatic N) is 3. The van der Waals surface area contributed by atoms with Crippen molar-refractivity contribution >= 4 is 16.9 Å². The molecule has 1 atom stereocenters. The Morgan fingerprint density at radius 2 is 1.77 bits per heavy atom. The number of carboxylic acid groups (broad SMARTS) is 1. The molecule has 1 saturated heterocycles. The Labute approximate surface area is 152 Å². The maximum absolute atomic E-state index is 11.3. The zero-order valence-corrected chi connectivity index (χ0v) is 14.5. The number of rotatable bonds is 4. The van der Waals surface area contributed by atoms with Gasteiger partial charge in [-0.15, -0.1) is 0 Å². The first kappa shape index (κ1) is 16.7. The Bertz CT molecular complexity index is 905. The monoisotopic (exact) mass is 347 g/mol. The van der Waals surface area contributed by atoms with Gasteiger partial charge in [-0.2, -0.15) is 0 Å².